The second-order valence-electron chi connectivity index (χ2n) is 9.42. The van der Waals surface area contributed by atoms with Gasteiger partial charge in [-0.1, -0.05) is 38.0 Å². The van der Waals surface area contributed by atoms with Crippen molar-refractivity contribution in [1.82, 2.24) is 15.2 Å². The standard InChI is InChI=1S/C26H28F2N4O2/c1-17-2-4-18(5-3-17)6-7-19-8-9-23-22(12-19)21(10-11-30-23)25(34)31-15-24(33)32-16-26(27,28)13-20(32)14-29/h6-12,17-18,20H,2-5,13,15-16H2,1H3,(H,31,34)/b7-6+/t17-,18-,20-/m0/s1. The molecule has 2 amide bonds. The van der Waals surface area contributed by atoms with Crippen LogP contribution < -0.4 is 5.32 Å². The van der Waals surface area contributed by atoms with Crippen LogP contribution in [-0.2, 0) is 4.79 Å². The van der Waals surface area contributed by atoms with Gasteiger partial charge in [0.25, 0.3) is 11.8 Å². The molecule has 1 aromatic heterocycles. The van der Waals surface area contributed by atoms with Gasteiger partial charge in [0.1, 0.15) is 6.04 Å². The predicted octanol–water partition coefficient (Wildman–Crippen LogP) is 4.56. The van der Waals surface area contributed by atoms with Crippen molar-refractivity contribution in [2.24, 2.45) is 11.8 Å². The van der Waals surface area contributed by atoms with Gasteiger partial charge in [0.2, 0.25) is 5.91 Å². The summed E-state index contributed by atoms with van der Waals surface area (Å²) < 4.78 is 27.2. The molecule has 2 fully saturated rings. The first-order valence-electron chi connectivity index (χ1n) is 11.7. The number of carbonyl (C=O) groups is 2. The molecule has 0 bridgehead atoms. The van der Waals surface area contributed by atoms with E-state index >= 15 is 0 Å². The van der Waals surface area contributed by atoms with Crippen LogP contribution in [-0.4, -0.2) is 46.8 Å². The lowest BCUT2D eigenvalue weighted by Crippen LogP contribution is -2.43. The lowest BCUT2D eigenvalue weighted by Gasteiger charge is -2.23. The second-order valence-corrected chi connectivity index (χ2v) is 9.42. The maximum absolute atomic E-state index is 13.6. The van der Waals surface area contributed by atoms with E-state index in [2.05, 4.69) is 29.4 Å². The quantitative estimate of drug-likeness (QED) is 0.700. The molecule has 1 saturated heterocycles. The molecule has 0 unspecified atom stereocenters. The minimum absolute atomic E-state index is 0.350. The third-order valence-electron chi connectivity index (χ3n) is 6.77. The fourth-order valence-corrected chi connectivity index (χ4v) is 4.74. The minimum atomic E-state index is -3.10. The molecule has 2 heterocycles. The molecule has 4 rings (SSSR count). The Labute approximate surface area is 197 Å². The van der Waals surface area contributed by atoms with Crippen molar-refractivity contribution in [2.75, 3.05) is 13.1 Å². The molecule has 1 aliphatic carbocycles. The Morgan fingerprint density at radius 1 is 1.26 bits per heavy atom. The molecule has 2 aromatic rings. The van der Waals surface area contributed by atoms with Gasteiger partial charge in [0.05, 0.1) is 30.2 Å². The topological polar surface area (TPSA) is 86.1 Å². The minimum Gasteiger partial charge on any atom is -0.343 e. The van der Waals surface area contributed by atoms with Crippen LogP contribution in [0.4, 0.5) is 8.78 Å². The van der Waals surface area contributed by atoms with Crippen molar-refractivity contribution in [2.45, 2.75) is 51.0 Å². The van der Waals surface area contributed by atoms with Crippen molar-refractivity contribution in [1.29, 1.82) is 5.26 Å². The fraction of sp³-hybridized carbons (Fsp3) is 0.462. The largest absolute Gasteiger partial charge is 0.343 e. The average molecular weight is 467 g/mol. The zero-order valence-corrected chi connectivity index (χ0v) is 19.1. The number of hydrogen-bond donors (Lipinski definition) is 1. The van der Waals surface area contributed by atoms with Gasteiger partial charge in [-0.15, -0.1) is 0 Å². The van der Waals surface area contributed by atoms with Gasteiger partial charge in [0, 0.05) is 18.0 Å². The number of allylic oxidation sites excluding steroid dienone is 1. The predicted molar refractivity (Wildman–Crippen MR) is 125 cm³/mol. The third kappa shape index (κ3) is 5.41. The molecular formula is C26H28F2N4O2. The highest BCUT2D eigenvalue weighted by atomic mass is 19.3. The number of nitrogens with one attached hydrogen (secondary N) is 1. The number of nitrogens with zero attached hydrogens (tertiary/aromatic N) is 3. The van der Waals surface area contributed by atoms with Gasteiger partial charge < -0.3 is 10.2 Å². The normalized spacial score (nSPS) is 24.3. The van der Waals surface area contributed by atoms with Crippen molar-refractivity contribution in [3.63, 3.8) is 0 Å². The number of likely N-dealkylation sites (tertiary alicyclic amines) is 1. The Morgan fingerprint density at radius 2 is 2.03 bits per heavy atom. The van der Waals surface area contributed by atoms with E-state index in [0.29, 0.717) is 22.4 Å². The first kappa shape index (κ1) is 23.8. The molecule has 1 N–H and O–H groups in total. The molecule has 8 heteroatoms. The van der Waals surface area contributed by atoms with Gasteiger partial charge in [-0.2, -0.15) is 5.26 Å². The van der Waals surface area contributed by atoms with Gasteiger partial charge in [-0.25, -0.2) is 8.78 Å². The van der Waals surface area contributed by atoms with E-state index in [4.69, 9.17) is 5.26 Å². The van der Waals surface area contributed by atoms with Crippen molar-refractivity contribution < 1.29 is 18.4 Å². The van der Waals surface area contributed by atoms with E-state index in [0.717, 1.165) is 16.4 Å². The summed E-state index contributed by atoms with van der Waals surface area (Å²) in [5, 5.41) is 12.2. The molecule has 6 nitrogen and oxygen atoms in total. The molecule has 1 aromatic carbocycles. The Kier molecular flexibility index (Phi) is 6.92. The van der Waals surface area contributed by atoms with Gasteiger partial charge in [-0.3, -0.25) is 14.6 Å². The van der Waals surface area contributed by atoms with Crippen LogP contribution >= 0.6 is 0 Å². The highest BCUT2D eigenvalue weighted by molar-refractivity contribution is 6.07. The number of aromatic nitrogens is 1. The van der Waals surface area contributed by atoms with Gasteiger partial charge in [0.15, 0.2) is 0 Å². The lowest BCUT2D eigenvalue weighted by molar-refractivity contribution is -0.131. The van der Waals surface area contributed by atoms with E-state index in [9.17, 15) is 18.4 Å². The smallest absolute Gasteiger partial charge is 0.268 e. The lowest BCUT2D eigenvalue weighted by atomic mass is 9.83. The van der Waals surface area contributed by atoms with Crippen LogP contribution in [0.2, 0.25) is 0 Å². The third-order valence-corrected chi connectivity index (χ3v) is 6.77. The van der Waals surface area contributed by atoms with Crippen LogP contribution in [0, 0.1) is 23.2 Å². The van der Waals surface area contributed by atoms with E-state index in [1.54, 1.807) is 12.1 Å². The summed E-state index contributed by atoms with van der Waals surface area (Å²) in [6.45, 7) is 1.02. The van der Waals surface area contributed by atoms with Crippen LogP contribution in [0.25, 0.3) is 17.0 Å². The first-order chi connectivity index (χ1) is 16.3. The van der Waals surface area contributed by atoms with Crippen LogP contribution in [0.5, 0.6) is 0 Å². The zero-order chi connectivity index (χ0) is 24.3. The molecule has 1 saturated carbocycles. The molecular weight excluding hydrogens is 438 g/mol. The SMILES string of the molecule is C[C@H]1CC[C@H](/C=C/c2ccc3nccc(C(=O)NCC(=O)N4CC(F)(F)C[C@H]4C#N)c3c2)CC1. The molecule has 178 valence electrons. The van der Waals surface area contributed by atoms with Gasteiger partial charge in [-0.05, 0) is 48.4 Å². The summed E-state index contributed by atoms with van der Waals surface area (Å²) in [5.74, 6) is -2.95. The number of rotatable bonds is 5. The number of hydrogen-bond acceptors (Lipinski definition) is 4. The number of pyridine rings is 1. The summed E-state index contributed by atoms with van der Waals surface area (Å²) in [7, 11) is 0. The number of halogens is 2. The molecule has 34 heavy (non-hydrogen) atoms. The summed E-state index contributed by atoms with van der Waals surface area (Å²) in [6.07, 6.45) is 9.99. The number of alkyl halides is 2. The molecule has 2 aliphatic rings. The number of benzene rings is 1. The van der Waals surface area contributed by atoms with Crippen molar-refractivity contribution in [3.05, 3.63) is 47.7 Å². The maximum Gasteiger partial charge on any atom is 0.268 e. The number of carbonyl (C=O) groups excluding carboxylic acids is 2. The van der Waals surface area contributed by atoms with Crippen LogP contribution in [0.3, 0.4) is 0 Å². The molecule has 1 aliphatic heterocycles. The van der Waals surface area contributed by atoms with E-state index < -0.39 is 43.3 Å². The number of nitriles is 1. The van der Waals surface area contributed by atoms with E-state index in [-0.39, 0.29) is 0 Å². The second kappa shape index (κ2) is 9.88. The Bertz CT molecular complexity index is 1150. The highest BCUT2D eigenvalue weighted by Gasteiger charge is 2.47. The number of amides is 2. The highest BCUT2D eigenvalue weighted by Crippen LogP contribution is 2.32. The van der Waals surface area contributed by atoms with Crippen molar-refractivity contribution in [3.8, 4) is 6.07 Å². The van der Waals surface area contributed by atoms with Crippen molar-refractivity contribution >= 4 is 28.8 Å². The average Bonchev–Trinajstić information content (AvgIpc) is 3.16. The van der Waals surface area contributed by atoms with E-state index in [1.807, 2.05) is 18.2 Å². The maximum atomic E-state index is 13.6. The van der Waals surface area contributed by atoms with Crippen LogP contribution in [0.1, 0.15) is 54.9 Å². The Morgan fingerprint density at radius 3 is 2.76 bits per heavy atom. The summed E-state index contributed by atoms with van der Waals surface area (Å²) in [5.41, 5.74) is 1.95. The summed E-state index contributed by atoms with van der Waals surface area (Å²) in [4.78, 5) is 30.4. The molecule has 0 spiro atoms. The van der Waals surface area contributed by atoms with Crippen LogP contribution in [0.15, 0.2) is 36.5 Å². The summed E-state index contributed by atoms with van der Waals surface area (Å²) >= 11 is 0. The zero-order valence-electron chi connectivity index (χ0n) is 19.1. The Hall–Kier alpha value is -3.34. The molecule has 1 atom stereocenters. The molecule has 0 radical (unpaired) electrons. The Balaban J connectivity index is 1.45. The summed E-state index contributed by atoms with van der Waals surface area (Å²) in [6, 6.07) is 7.82. The first-order valence-corrected chi connectivity index (χ1v) is 11.7. The number of fused-ring (bicyclic) bond motifs is 1. The monoisotopic (exact) mass is 466 g/mol. The van der Waals surface area contributed by atoms with Gasteiger partial charge >= 0.3 is 0 Å². The fourth-order valence-electron chi connectivity index (χ4n) is 4.74. The van der Waals surface area contributed by atoms with E-state index in [1.165, 1.54) is 31.9 Å².